The Morgan fingerprint density at radius 1 is 1.35 bits per heavy atom. The molecule has 1 rings (SSSR count). The maximum absolute atomic E-state index is 12.1. The number of carbonyl (C=O) groups excluding carboxylic acids is 3. The minimum absolute atomic E-state index is 0.353. The molecule has 4 atom stereocenters. The van der Waals surface area contributed by atoms with Crippen LogP contribution in [0.2, 0.25) is 0 Å². The molecule has 0 bridgehead atoms. The molecule has 0 aromatic heterocycles. The summed E-state index contributed by atoms with van der Waals surface area (Å²) < 4.78 is 10.4. The first-order valence-corrected chi connectivity index (χ1v) is 6.68. The normalized spacial score (nSPS) is 25.7. The monoisotopic (exact) mass is 285 g/mol. The number of hydrogen-bond acceptors (Lipinski definition) is 5. The van der Waals surface area contributed by atoms with Crippen molar-refractivity contribution >= 4 is 18.3 Å². The zero-order chi connectivity index (χ0) is 15.7. The van der Waals surface area contributed by atoms with Crippen LogP contribution in [0.5, 0.6) is 0 Å². The Bertz CT molecular complexity index is 401. The number of amides is 2. The summed E-state index contributed by atoms with van der Waals surface area (Å²) in [5.74, 6) is -1.30. The molecule has 6 heteroatoms. The molecule has 6 nitrogen and oxygen atoms in total. The summed E-state index contributed by atoms with van der Waals surface area (Å²) in [6, 6.07) is -0.509. The zero-order valence-corrected chi connectivity index (χ0v) is 12.9. The molecule has 0 N–H and O–H groups in total. The summed E-state index contributed by atoms with van der Waals surface area (Å²) in [6.45, 7) is 8.60. The van der Waals surface area contributed by atoms with Crippen LogP contribution in [-0.2, 0) is 19.1 Å². The van der Waals surface area contributed by atoms with E-state index in [9.17, 15) is 14.4 Å². The first-order valence-electron chi connectivity index (χ1n) is 6.68. The van der Waals surface area contributed by atoms with Crippen LogP contribution in [0.25, 0.3) is 0 Å². The molecule has 1 saturated heterocycles. The number of nitrogens with zero attached hydrogens (tertiary/aromatic N) is 1. The fourth-order valence-electron chi connectivity index (χ4n) is 2.32. The lowest BCUT2D eigenvalue weighted by atomic mass is 9.77. The number of ether oxygens (including phenoxy) is 2. The third kappa shape index (κ3) is 3.17. The highest BCUT2D eigenvalue weighted by molar-refractivity contribution is 6.00. The van der Waals surface area contributed by atoms with E-state index in [0.29, 0.717) is 0 Å². The van der Waals surface area contributed by atoms with E-state index in [1.54, 1.807) is 34.6 Å². The van der Waals surface area contributed by atoms with Crippen molar-refractivity contribution in [1.29, 1.82) is 0 Å². The van der Waals surface area contributed by atoms with Gasteiger partial charge in [-0.25, -0.2) is 9.69 Å². The van der Waals surface area contributed by atoms with E-state index in [1.807, 2.05) is 0 Å². The van der Waals surface area contributed by atoms with Crippen molar-refractivity contribution in [2.24, 2.45) is 11.8 Å². The second-order valence-corrected chi connectivity index (χ2v) is 6.14. The van der Waals surface area contributed by atoms with E-state index in [-0.39, 0.29) is 12.0 Å². The average molecular weight is 285 g/mol. The van der Waals surface area contributed by atoms with Crippen LogP contribution < -0.4 is 0 Å². The van der Waals surface area contributed by atoms with Gasteiger partial charge in [-0.05, 0) is 27.7 Å². The van der Waals surface area contributed by atoms with Gasteiger partial charge in [0.1, 0.15) is 11.9 Å². The van der Waals surface area contributed by atoms with Crippen molar-refractivity contribution in [1.82, 2.24) is 4.90 Å². The predicted octanol–water partition coefficient (Wildman–Crippen LogP) is 1.62. The Labute approximate surface area is 119 Å². The molecule has 20 heavy (non-hydrogen) atoms. The molecule has 0 spiro atoms. The van der Waals surface area contributed by atoms with E-state index in [4.69, 9.17) is 9.47 Å². The lowest BCUT2D eigenvalue weighted by Crippen LogP contribution is -2.69. The average Bonchev–Trinajstić information content (AvgIpc) is 2.32. The molecule has 1 aliphatic heterocycles. The molecule has 0 aromatic rings. The predicted molar refractivity (Wildman–Crippen MR) is 72.1 cm³/mol. The van der Waals surface area contributed by atoms with Crippen LogP contribution in [0.15, 0.2) is 0 Å². The van der Waals surface area contributed by atoms with Gasteiger partial charge < -0.3 is 14.3 Å². The Hall–Kier alpha value is -1.43. The summed E-state index contributed by atoms with van der Waals surface area (Å²) in [5, 5.41) is 0. The highest BCUT2D eigenvalue weighted by Crippen LogP contribution is 2.36. The number of methoxy groups -OCH3 is 1. The van der Waals surface area contributed by atoms with Gasteiger partial charge >= 0.3 is 6.09 Å². The van der Waals surface area contributed by atoms with Gasteiger partial charge in [-0.1, -0.05) is 6.92 Å². The van der Waals surface area contributed by atoms with E-state index in [0.717, 1.165) is 11.2 Å². The highest BCUT2D eigenvalue weighted by atomic mass is 16.6. The lowest BCUT2D eigenvalue weighted by molar-refractivity contribution is -0.166. The van der Waals surface area contributed by atoms with E-state index >= 15 is 0 Å². The van der Waals surface area contributed by atoms with Crippen molar-refractivity contribution in [3.8, 4) is 0 Å². The summed E-state index contributed by atoms with van der Waals surface area (Å²) in [7, 11) is 1.50. The summed E-state index contributed by atoms with van der Waals surface area (Å²) in [6.07, 6.45) is -0.321. The Morgan fingerprint density at radius 3 is 2.30 bits per heavy atom. The fourth-order valence-corrected chi connectivity index (χ4v) is 2.32. The van der Waals surface area contributed by atoms with E-state index in [2.05, 4.69) is 0 Å². The van der Waals surface area contributed by atoms with E-state index < -0.39 is 29.6 Å². The molecule has 1 fully saturated rings. The van der Waals surface area contributed by atoms with Crippen LogP contribution in [-0.4, -0.2) is 48.0 Å². The smallest absolute Gasteiger partial charge is 0.417 e. The first-order chi connectivity index (χ1) is 9.14. The van der Waals surface area contributed by atoms with Crippen molar-refractivity contribution in [3.63, 3.8) is 0 Å². The standard InChI is InChI=1S/C14H23NO5/c1-8(7-16)11-10(9(2)19-6)12(17)15(11)13(18)20-14(3,4)5/h7-11H,1-6H3/t8-,9+,10+,11+/m0/s1. The van der Waals surface area contributed by atoms with Crippen LogP contribution in [0.4, 0.5) is 4.79 Å². The van der Waals surface area contributed by atoms with Gasteiger partial charge in [0.2, 0.25) is 5.91 Å². The zero-order valence-electron chi connectivity index (χ0n) is 12.9. The van der Waals surface area contributed by atoms with Gasteiger partial charge in [-0.3, -0.25) is 4.79 Å². The van der Waals surface area contributed by atoms with Crippen LogP contribution >= 0.6 is 0 Å². The lowest BCUT2D eigenvalue weighted by Gasteiger charge is -2.48. The third-order valence-electron chi connectivity index (χ3n) is 3.41. The van der Waals surface area contributed by atoms with Crippen LogP contribution in [0, 0.1) is 11.8 Å². The molecule has 1 aliphatic rings. The minimum atomic E-state index is -0.708. The molecule has 2 amide bonds. The topological polar surface area (TPSA) is 72.9 Å². The van der Waals surface area contributed by atoms with Gasteiger partial charge in [0.05, 0.1) is 18.1 Å². The molecular formula is C14H23NO5. The highest BCUT2D eigenvalue weighted by Gasteiger charge is 2.56. The van der Waals surface area contributed by atoms with Crippen LogP contribution in [0.3, 0.4) is 0 Å². The van der Waals surface area contributed by atoms with Gasteiger partial charge in [0, 0.05) is 13.0 Å². The number of carbonyl (C=O) groups is 3. The van der Waals surface area contributed by atoms with Crippen molar-refractivity contribution in [2.45, 2.75) is 52.4 Å². The number of aldehydes is 1. The van der Waals surface area contributed by atoms with Crippen molar-refractivity contribution in [3.05, 3.63) is 0 Å². The second-order valence-electron chi connectivity index (χ2n) is 6.14. The molecule has 0 aliphatic carbocycles. The molecule has 0 unspecified atom stereocenters. The molecule has 0 radical (unpaired) electrons. The molecule has 0 saturated carbocycles. The Morgan fingerprint density at radius 2 is 1.90 bits per heavy atom. The fraction of sp³-hybridized carbons (Fsp3) is 0.786. The number of β-lactam (4-membered cyclic amide) rings is 1. The summed E-state index contributed by atoms with van der Waals surface area (Å²) in [4.78, 5) is 36.3. The van der Waals surface area contributed by atoms with Gasteiger partial charge in [0.25, 0.3) is 0 Å². The van der Waals surface area contributed by atoms with Gasteiger partial charge in [-0.2, -0.15) is 0 Å². The number of imide groups is 1. The second kappa shape index (κ2) is 5.91. The Kier molecular flexibility index (Phi) is 4.91. The third-order valence-corrected chi connectivity index (χ3v) is 3.41. The number of hydrogen-bond donors (Lipinski definition) is 0. The minimum Gasteiger partial charge on any atom is -0.443 e. The quantitative estimate of drug-likeness (QED) is 0.579. The van der Waals surface area contributed by atoms with E-state index in [1.165, 1.54) is 7.11 Å². The molecule has 114 valence electrons. The Balaban J connectivity index is 2.93. The van der Waals surface area contributed by atoms with Crippen molar-refractivity contribution < 1.29 is 23.9 Å². The van der Waals surface area contributed by atoms with Gasteiger partial charge in [-0.15, -0.1) is 0 Å². The molecule has 0 aromatic carbocycles. The molecular weight excluding hydrogens is 262 g/mol. The first kappa shape index (κ1) is 16.6. The van der Waals surface area contributed by atoms with Crippen molar-refractivity contribution in [2.75, 3.05) is 7.11 Å². The number of rotatable bonds is 4. The largest absolute Gasteiger partial charge is 0.443 e. The number of likely N-dealkylation sites (tertiary alicyclic amines) is 1. The maximum Gasteiger partial charge on any atom is 0.417 e. The SMILES string of the molecule is CO[C@H](C)[C@H]1C(=O)N(C(=O)OC(C)(C)C)[C@@H]1[C@@H](C)C=O. The summed E-state index contributed by atoms with van der Waals surface area (Å²) in [5.41, 5.74) is -0.690. The maximum atomic E-state index is 12.1. The van der Waals surface area contributed by atoms with Crippen LogP contribution in [0.1, 0.15) is 34.6 Å². The van der Waals surface area contributed by atoms with Gasteiger partial charge in [0.15, 0.2) is 0 Å². The molecule has 1 heterocycles. The summed E-state index contributed by atoms with van der Waals surface area (Å²) >= 11 is 0.